The maximum absolute atomic E-state index is 13.1. The third-order valence-electron chi connectivity index (χ3n) is 4.82. The number of fused-ring (bicyclic) bond motifs is 1. The minimum atomic E-state index is -1.47. The Bertz CT molecular complexity index is 1040. The molecule has 10 heteroatoms. The molecule has 0 aliphatic carbocycles. The van der Waals surface area contributed by atoms with E-state index in [0.29, 0.717) is 0 Å². The van der Waals surface area contributed by atoms with Crippen molar-refractivity contribution >= 4 is 45.6 Å². The van der Waals surface area contributed by atoms with Gasteiger partial charge in [-0.05, 0) is 38.3 Å². The van der Waals surface area contributed by atoms with Crippen LogP contribution < -0.4 is 5.32 Å². The second kappa shape index (κ2) is 12.1. The van der Waals surface area contributed by atoms with Crippen LogP contribution in [0, 0.1) is 5.53 Å². The van der Waals surface area contributed by atoms with Crippen LogP contribution in [0.4, 0.5) is 0 Å². The summed E-state index contributed by atoms with van der Waals surface area (Å²) in [6.07, 6.45) is 2.36. The first-order valence-electron chi connectivity index (χ1n) is 10.4. The summed E-state index contributed by atoms with van der Waals surface area (Å²) in [4.78, 5) is 43.4. The number of esters is 1. The normalized spacial score (nSPS) is 13.8. The number of hydrogen-bond donors (Lipinski definition) is 3. The molecule has 1 aromatic heterocycles. The molecular formula is C22H29N4O5S+. The number of rotatable bonds is 12. The van der Waals surface area contributed by atoms with E-state index >= 15 is 0 Å². The predicted octanol–water partition coefficient (Wildman–Crippen LogP) is 1.94. The lowest BCUT2D eigenvalue weighted by Crippen LogP contribution is -2.48. The predicted molar refractivity (Wildman–Crippen MR) is 121 cm³/mol. The monoisotopic (exact) mass is 461 g/mol. The summed E-state index contributed by atoms with van der Waals surface area (Å²) < 4.78 is 17.9. The Hall–Kier alpha value is -3.10. The molecule has 9 nitrogen and oxygen atoms in total. The van der Waals surface area contributed by atoms with E-state index in [4.69, 9.17) is 10.3 Å². The summed E-state index contributed by atoms with van der Waals surface area (Å²) >= 11 is 0. The summed E-state index contributed by atoms with van der Waals surface area (Å²) in [6, 6.07) is 6.55. The van der Waals surface area contributed by atoms with Crippen molar-refractivity contribution in [1.82, 2.24) is 10.3 Å². The van der Waals surface area contributed by atoms with Crippen molar-refractivity contribution in [1.29, 1.82) is 5.53 Å². The van der Waals surface area contributed by atoms with Gasteiger partial charge in [-0.2, -0.15) is 0 Å². The minimum Gasteiger partial charge on any atom is -0.461 e. The number of amides is 1. The number of carbonyl (C=O) groups excluding carboxylic acids is 3. The van der Waals surface area contributed by atoms with Crippen LogP contribution in [-0.4, -0.2) is 61.0 Å². The first-order chi connectivity index (χ1) is 15.3. The van der Waals surface area contributed by atoms with E-state index in [9.17, 15) is 18.6 Å². The molecule has 1 aromatic carbocycles. The molecule has 0 fully saturated rings. The number of H-pyrrole nitrogens is 1. The molecule has 1 heterocycles. The lowest BCUT2D eigenvalue weighted by molar-refractivity contribution is -0.151. The van der Waals surface area contributed by atoms with Crippen molar-refractivity contribution in [2.75, 3.05) is 5.75 Å². The van der Waals surface area contributed by atoms with E-state index in [1.165, 1.54) is 0 Å². The second-order valence-electron chi connectivity index (χ2n) is 7.53. The van der Waals surface area contributed by atoms with Crippen molar-refractivity contribution < 1.29 is 28.1 Å². The van der Waals surface area contributed by atoms with Crippen molar-refractivity contribution in [3.63, 3.8) is 0 Å². The standard InChI is InChI=1S/C22H28N4O5S/c1-4-32(30)20(11-15-12-24-18-8-6-5-7-17(15)18)21(28)26-19(22(29)31-14(2)3)10-9-16(27)13-25-23/h5-8,12-14,19-20,23-24H,4,9-11H2,1-3H3/p+1/t19-,20-,32?/m0/s1. The minimum absolute atomic E-state index is 0.0132. The molecule has 0 saturated carbocycles. The molecule has 1 unspecified atom stereocenters. The van der Waals surface area contributed by atoms with Crippen LogP contribution in [0.2, 0.25) is 0 Å². The van der Waals surface area contributed by atoms with Crippen molar-refractivity contribution in [2.24, 2.45) is 0 Å². The summed E-state index contributed by atoms with van der Waals surface area (Å²) in [6.45, 7) is 5.09. The van der Waals surface area contributed by atoms with Gasteiger partial charge in [-0.15, -0.1) is 0 Å². The van der Waals surface area contributed by atoms with Gasteiger partial charge in [0.15, 0.2) is 0 Å². The molecule has 172 valence electrons. The average Bonchev–Trinajstić information content (AvgIpc) is 3.16. The number of carbonyl (C=O) groups is 3. The molecule has 3 atom stereocenters. The molecule has 2 aromatic rings. The van der Waals surface area contributed by atoms with Crippen LogP contribution in [0.5, 0.6) is 0 Å². The number of aromatic amines is 1. The zero-order valence-electron chi connectivity index (χ0n) is 18.4. The van der Waals surface area contributed by atoms with Gasteiger partial charge in [-0.1, -0.05) is 25.1 Å². The van der Waals surface area contributed by atoms with Crippen molar-refractivity contribution in [3.8, 4) is 0 Å². The molecule has 0 saturated heterocycles. The van der Waals surface area contributed by atoms with E-state index in [1.807, 2.05) is 24.3 Å². The van der Waals surface area contributed by atoms with Crippen molar-refractivity contribution in [3.05, 3.63) is 36.0 Å². The molecule has 0 aliphatic rings. The number of ketones is 1. The second-order valence-corrected chi connectivity index (χ2v) is 9.44. The topological polar surface area (TPSA) is 143 Å². The maximum atomic E-state index is 13.1. The Balaban J connectivity index is 2.22. The lowest BCUT2D eigenvalue weighted by Gasteiger charge is -2.22. The first kappa shape index (κ1) is 25.2. The fourth-order valence-electron chi connectivity index (χ4n) is 3.26. The molecule has 0 bridgehead atoms. The molecule has 0 aliphatic heterocycles. The smallest absolute Gasteiger partial charge is 0.372 e. The average molecular weight is 462 g/mol. The van der Waals surface area contributed by atoms with E-state index in [1.54, 1.807) is 27.0 Å². The molecule has 2 rings (SSSR count). The van der Waals surface area contributed by atoms with Crippen LogP contribution in [-0.2, 0) is 36.3 Å². The van der Waals surface area contributed by atoms with Crippen LogP contribution in [0.25, 0.3) is 10.9 Å². The van der Waals surface area contributed by atoms with Gasteiger partial charge in [-0.3, -0.25) is 13.8 Å². The highest BCUT2D eigenvalue weighted by Gasteiger charge is 2.31. The third kappa shape index (κ3) is 6.96. The SMILES string of the molecule is CCS(=O)[C@@H](Cc1c[nH]c2ccccc12)C(=O)N[C@@H](CCC(=O)C=[N+]=N)C(=O)OC(C)C. The number of nitrogens with zero attached hydrogens (tertiary/aromatic N) is 1. The van der Waals surface area contributed by atoms with E-state index in [-0.39, 0.29) is 25.0 Å². The molecule has 1 amide bonds. The van der Waals surface area contributed by atoms with Gasteiger partial charge in [0.25, 0.3) is 0 Å². The summed E-state index contributed by atoms with van der Waals surface area (Å²) in [5.41, 5.74) is 8.50. The molecule has 32 heavy (non-hydrogen) atoms. The summed E-state index contributed by atoms with van der Waals surface area (Å²) in [5, 5.41) is 2.70. The van der Waals surface area contributed by atoms with Gasteiger partial charge >= 0.3 is 12.2 Å². The fourth-order valence-corrected chi connectivity index (χ4v) is 4.33. The number of benzene rings is 1. The highest BCUT2D eigenvalue weighted by atomic mass is 32.2. The molecule has 0 radical (unpaired) electrons. The zero-order valence-corrected chi connectivity index (χ0v) is 19.2. The molecule has 0 spiro atoms. The van der Waals surface area contributed by atoms with Crippen LogP contribution in [0.1, 0.15) is 39.2 Å². The van der Waals surface area contributed by atoms with E-state index in [2.05, 4.69) is 15.1 Å². The highest BCUT2D eigenvalue weighted by Crippen LogP contribution is 2.21. The lowest BCUT2D eigenvalue weighted by atomic mass is 10.1. The Kier molecular flexibility index (Phi) is 9.49. The van der Waals surface area contributed by atoms with Crippen LogP contribution in [0.3, 0.4) is 0 Å². The highest BCUT2D eigenvalue weighted by molar-refractivity contribution is 7.86. The zero-order chi connectivity index (χ0) is 23.7. The van der Waals surface area contributed by atoms with Crippen LogP contribution >= 0.6 is 0 Å². The Morgan fingerprint density at radius 3 is 2.66 bits per heavy atom. The fraction of sp³-hybridized carbons (Fsp3) is 0.455. The number of aromatic nitrogens is 1. The molecule has 3 N–H and O–H groups in total. The number of Topliss-reactive ketones (excluding diaryl/α,β-unsaturated/α-hetero) is 1. The van der Waals surface area contributed by atoms with Gasteiger partial charge in [0, 0.05) is 40.1 Å². The number of para-hydroxylation sites is 1. The number of ether oxygens (including phenoxy) is 1. The van der Waals surface area contributed by atoms with Crippen LogP contribution in [0.15, 0.2) is 30.5 Å². The number of hydrogen-bond acceptors (Lipinski definition) is 6. The number of nitrogens with one attached hydrogen (secondary N) is 3. The van der Waals surface area contributed by atoms with Gasteiger partial charge in [0.2, 0.25) is 11.7 Å². The van der Waals surface area contributed by atoms with Gasteiger partial charge in [-0.25, -0.2) is 4.79 Å². The summed E-state index contributed by atoms with van der Waals surface area (Å²) in [7, 11) is -1.47. The maximum Gasteiger partial charge on any atom is 0.372 e. The largest absolute Gasteiger partial charge is 0.461 e. The van der Waals surface area contributed by atoms with Crippen molar-refractivity contribution in [2.45, 2.75) is 57.4 Å². The van der Waals surface area contributed by atoms with Gasteiger partial charge in [0.05, 0.1) is 16.4 Å². The van der Waals surface area contributed by atoms with Gasteiger partial charge in [0.1, 0.15) is 11.3 Å². The molecular weight excluding hydrogens is 432 g/mol. The Morgan fingerprint density at radius 2 is 2.00 bits per heavy atom. The van der Waals surface area contributed by atoms with E-state index in [0.717, 1.165) is 22.7 Å². The first-order valence-corrected chi connectivity index (χ1v) is 11.8. The summed E-state index contributed by atoms with van der Waals surface area (Å²) in [5.74, 6) is -1.37. The third-order valence-corrected chi connectivity index (χ3v) is 6.40. The Morgan fingerprint density at radius 1 is 1.28 bits per heavy atom. The quantitative estimate of drug-likeness (QED) is 0.192. The van der Waals surface area contributed by atoms with E-state index < -0.39 is 45.9 Å². The Labute approximate surface area is 189 Å². The van der Waals surface area contributed by atoms with Gasteiger partial charge < -0.3 is 15.0 Å².